The highest BCUT2D eigenvalue weighted by atomic mass is 32.2. The number of piperidine rings is 1. The van der Waals surface area contributed by atoms with E-state index in [-0.39, 0.29) is 11.0 Å². The predicted molar refractivity (Wildman–Crippen MR) is 95.4 cm³/mol. The van der Waals surface area contributed by atoms with Crippen molar-refractivity contribution in [1.29, 1.82) is 0 Å². The van der Waals surface area contributed by atoms with Gasteiger partial charge in [0.05, 0.1) is 7.11 Å². The van der Waals surface area contributed by atoms with Gasteiger partial charge in [0, 0.05) is 18.7 Å². The van der Waals surface area contributed by atoms with Gasteiger partial charge >= 0.3 is 0 Å². The molecule has 2 aromatic rings. The van der Waals surface area contributed by atoms with Gasteiger partial charge in [-0.05, 0) is 30.9 Å². The average molecular weight is 378 g/mol. The number of hydrogen-bond donors (Lipinski definition) is 1. The fourth-order valence-electron chi connectivity index (χ4n) is 2.86. The van der Waals surface area contributed by atoms with Gasteiger partial charge in [-0.2, -0.15) is 10.1 Å². The molecule has 1 aromatic carbocycles. The molecule has 0 atom stereocenters. The number of sulfone groups is 1. The Morgan fingerprint density at radius 3 is 2.77 bits per heavy atom. The van der Waals surface area contributed by atoms with Gasteiger partial charge in [0.1, 0.15) is 11.5 Å². The Morgan fingerprint density at radius 1 is 1.35 bits per heavy atom. The van der Waals surface area contributed by atoms with Crippen molar-refractivity contribution >= 4 is 15.7 Å². The molecule has 2 heterocycles. The van der Waals surface area contributed by atoms with E-state index in [1.165, 1.54) is 0 Å². The standard InChI is InChI=1S/C17H22N4O4S/c1-12-6-8-21(9-7-12)15(22)11-26(23,24)17-18-16(19-20-17)13-4-3-5-14(10-13)25-2/h3-5,10,12H,6-9,11H2,1-2H3,(H,18,19,20). The summed E-state index contributed by atoms with van der Waals surface area (Å²) in [6.07, 6.45) is 1.79. The number of hydrogen-bond acceptors (Lipinski definition) is 6. The fraction of sp³-hybridized carbons (Fsp3) is 0.471. The van der Waals surface area contributed by atoms with Crippen LogP contribution in [0.5, 0.6) is 5.75 Å². The third-order valence-corrected chi connectivity index (χ3v) is 5.94. The van der Waals surface area contributed by atoms with Crippen LogP contribution in [0.4, 0.5) is 0 Å². The first-order valence-electron chi connectivity index (χ1n) is 8.46. The van der Waals surface area contributed by atoms with Gasteiger partial charge in [-0.15, -0.1) is 0 Å². The molecule has 3 rings (SSSR count). The number of aromatic nitrogens is 3. The van der Waals surface area contributed by atoms with Crippen LogP contribution in [0, 0.1) is 5.92 Å². The number of carbonyl (C=O) groups excluding carboxylic acids is 1. The molecule has 0 bridgehead atoms. The zero-order valence-corrected chi connectivity index (χ0v) is 15.6. The Kier molecular flexibility index (Phi) is 5.26. The number of amides is 1. The first-order chi connectivity index (χ1) is 12.4. The van der Waals surface area contributed by atoms with E-state index in [1.54, 1.807) is 36.3 Å². The quantitative estimate of drug-likeness (QED) is 0.845. The molecule has 0 unspecified atom stereocenters. The number of likely N-dealkylation sites (tertiary alicyclic amines) is 1. The topological polar surface area (TPSA) is 105 Å². The summed E-state index contributed by atoms with van der Waals surface area (Å²) >= 11 is 0. The highest BCUT2D eigenvalue weighted by Gasteiger charge is 2.28. The maximum atomic E-state index is 12.5. The Labute approximate surface area is 152 Å². The van der Waals surface area contributed by atoms with Crippen molar-refractivity contribution in [3.63, 3.8) is 0 Å². The second kappa shape index (κ2) is 7.45. The summed E-state index contributed by atoms with van der Waals surface area (Å²) in [6.45, 7) is 3.33. The minimum absolute atomic E-state index is 0.238. The Balaban J connectivity index is 1.74. The number of methoxy groups -OCH3 is 1. The molecule has 1 aromatic heterocycles. The van der Waals surface area contributed by atoms with E-state index in [1.807, 2.05) is 0 Å². The highest BCUT2D eigenvalue weighted by molar-refractivity contribution is 7.91. The minimum Gasteiger partial charge on any atom is -0.497 e. The van der Waals surface area contributed by atoms with Crippen LogP contribution in [-0.2, 0) is 14.6 Å². The van der Waals surface area contributed by atoms with Crippen LogP contribution in [0.25, 0.3) is 11.4 Å². The molecule has 1 amide bonds. The molecule has 1 N–H and O–H groups in total. The first kappa shape index (κ1) is 18.4. The number of carbonyl (C=O) groups is 1. The Hall–Kier alpha value is -2.42. The zero-order valence-electron chi connectivity index (χ0n) is 14.8. The van der Waals surface area contributed by atoms with Crippen LogP contribution in [0.15, 0.2) is 29.4 Å². The molecule has 1 fully saturated rings. The predicted octanol–water partition coefficient (Wildman–Crippen LogP) is 1.51. The minimum atomic E-state index is -3.88. The van der Waals surface area contributed by atoms with Gasteiger partial charge in [0.25, 0.3) is 0 Å². The number of nitrogens with zero attached hydrogens (tertiary/aromatic N) is 3. The summed E-state index contributed by atoms with van der Waals surface area (Å²) in [6, 6.07) is 6.99. The van der Waals surface area contributed by atoms with Crippen LogP contribution in [-0.4, -0.2) is 60.4 Å². The van der Waals surface area contributed by atoms with E-state index in [9.17, 15) is 13.2 Å². The number of ether oxygens (including phenoxy) is 1. The summed E-state index contributed by atoms with van der Waals surface area (Å²) in [5.41, 5.74) is 0.624. The summed E-state index contributed by atoms with van der Waals surface area (Å²) in [4.78, 5) is 18.0. The molecular formula is C17H22N4O4S. The zero-order chi connectivity index (χ0) is 18.7. The lowest BCUT2D eigenvalue weighted by atomic mass is 9.99. The van der Waals surface area contributed by atoms with Gasteiger partial charge in [-0.1, -0.05) is 19.1 Å². The number of H-pyrrole nitrogens is 1. The molecule has 8 nitrogen and oxygen atoms in total. The fourth-order valence-corrected chi connectivity index (χ4v) is 3.91. The lowest BCUT2D eigenvalue weighted by molar-refractivity contribution is -0.129. The molecule has 140 valence electrons. The van der Waals surface area contributed by atoms with Crippen molar-refractivity contribution in [1.82, 2.24) is 20.1 Å². The van der Waals surface area contributed by atoms with Crippen LogP contribution >= 0.6 is 0 Å². The van der Waals surface area contributed by atoms with Gasteiger partial charge in [0.15, 0.2) is 5.82 Å². The van der Waals surface area contributed by atoms with Crippen LogP contribution in [0.3, 0.4) is 0 Å². The summed E-state index contributed by atoms with van der Waals surface area (Å²) in [5.74, 6) is 0.424. The molecule has 1 aliphatic heterocycles. The van der Waals surface area contributed by atoms with E-state index in [0.717, 1.165) is 12.8 Å². The second-order valence-corrected chi connectivity index (χ2v) is 8.42. The molecule has 1 saturated heterocycles. The third-order valence-electron chi connectivity index (χ3n) is 4.54. The van der Waals surface area contributed by atoms with Gasteiger partial charge < -0.3 is 9.64 Å². The molecule has 26 heavy (non-hydrogen) atoms. The summed E-state index contributed by atoms with van der Waals surface area (Å²) < 4.78 is 30.2. The van der Waals surface area contributed by atoms with Crippen molar-refractivity contribution in [2.75, 3.05) is 26.0 Å². The van der Waals surface area contributed by atoms with E-state index >= 15 is 0 Å². The summed E-state index contributed by atoms with van der Waals surface area (Å²) in [7, 11) is -2.34. The largest absolute Gasteiger partial charge is 0.497 e. The van der Waals surface area contributed by atoms with Gasteiger partial charge in [0.2, 0.25) is 20.9 Å². The normalized spacial score (nSPS) is 15.8. The van der Waals surface area contributed by atoms with E-state index in [0.29, 0.717) is 30.3 Å². The molecular weight excluding hydrogens is 356 g/mol. The molecule has 0 aliphatic carbocycles. The number of aromatic amines is 1. The van der Waals surface area contributed by atoms with Crippen molar-refractivity contribution < 1.29 is 17.9 Å². The molecule has 9 heteroatoms. The summed E-state index contributed by atoms with van der Waals surface area (Å²) in [5, 5.41) is 6.10. The number of nitrogens with one attached hydrogen (secondary N) is 1. The average Bonchev–Trinajstić information content (AvgIpc) is 3.13. The maximum Gasteiger partial charge on any atom is 0.244 e. The number of rotatable bonds is 5. The third kappa shape index (κ3) is 4.04. The van der Waals surface area contributed by atoms with Crippen LogP contribution < -0.4 is 4.74 Å². The van der Waals surface area contributed by atoms with E-state index in [2.05, 4.69) is 22.1 Å². The molecule has 0 radical (unpaired) electrons. The van der Waals surface area contributed by atoms with Crippen LogP contribution in [0.1, 0.15) is 19.8 Å². The number of benzene rings is 1. The lowest BCUT2D eigenvalue weighted by Gasteiger charge is -2.30. The second-order valence-electron chi connectivity index (χ2n) is 6.52. The Morgan fingerprint density at radius 2 is 2.08 bits per heavy atom. The SMILES string of the molecule is COc1cccc(-c2n[nH]c(S(=O)(=O)CC(=O)N3CCC(C)CC3)n2)c1. The van der Waals surface area contributed by atoms with Crippen molar-refractivity contribution in [3.05, 3.63) is 24.3 Å². The van der Waals surface area contributed by atoms with Gasteiger partial charge in [-0.3, -0.25) is 4.79 Å². The van der Waals surface area contributed by atoms with Crippen molar-refractivity contribution in [2.45, 2.75) is 24.9 Å². The maximum absolute atomic E-state index is 12.5. The van der Waals surface area contributed by atoms with Crippen LogP contribution in [0.2, 0.25) is 0 Å². The van der Waals surface area contributed by atoms with E-state index < -0.39 is 21.5 Å². The monoisotopic (exact) mass is 378 g/mol. The lowest BCUT2D eigenvalue weighted by Crippen LogP contribution is -2.41. The molecule has 0 spiro atoms. The van der Waals surface area contributed by atoms with Gasteiger partial charge in [-0.25, -0.2) is 13.5 Å². The Bertz CT molecular complexity index is 886. The van der Waals surface area contributed by atoms with E-state index in [4.69, 9.17) is 4.74 Å². The van der Waals surface area contributed by atoms with Crippen molar-refractivity contribution in [2.24, 2.45) is 5.92 Å². The molecule has 0 saturated carbocycles. The molecule has 1 aliphatic rings. The smallest absolute Gasteiger partial charge is 0.244 e. The van der Waals surface area contributed by atoms with Crippen molar-refractivity contribution in [3.8, 4) is 17.1 Å². The first-order valence-corrected chi connectivity index (χ1v) is 10.1. The highest BCUT2D eigenvalue weighted by Crippen LogP contribution is 2.22.